The van der Waals surface area contributed by atoms with Crippen molar-refractivity contribution in [3.05, 3.63) is 64.7 Å². The van der Waals surface area contributed by atoms with E-state index in [1.54, 1.807) is 12.1 Å². The van der Waals surface area contributed by atoms with Crippen LogP contribution in [0.25, 0.3) is 0 Å². The monoisotopic (exact) mass is 461 g/mol. The summed E-state index contributed by atoms with van der Waals surface area (Å²) in [4.78, 5) is 2.91. The van der Waals surface area contributed by atoms with Crippen LogP contribution in [0.5, 0.6) is 0 Å². The highest BCUT2D eigenvalue weighted by Gasteiger charge is 2.55. The summed E-state index contributed by atoms with van der Waals surface area (Å²) < 4.78 is 29.7. The predicted octanol–water partition coefficient (Wildman–Crippen LogP) is 4.99. The van der Waals surface area contributed by atoms with Gasteiger partial charge in [0.15, 0.2) is 9.84 Å². The Kier molecular flexibility index (Phi) is 6.25. The summed E-state index contributed by atoms with van der Waals surface area (Å²) in [5.74, 6) is 0. The van der Waals surface area contributed by atoms with Crippen molar-refractivity contribution in [2.24, 2.45) is 10.8 Å². The zero-order valence-electron chi connectivity index (χ0n) is 18.6. The first-order valence-electron chi connectivity index (χ1n) is 10.9. The molecule has 6 heteroatoms. The van der Waals surface area contributed by atoms with Gasteiger partial charge in [-0.05, 0) is 61.2 Å². The summed E-state index contributed by atoms with van der Waals surface area (Å²) in [6.45, 7) is 8.45. The molecule has 2 aliphatic heterocycles. The van der Waals surface area contributed by atoms with Crippen LogP contribution in [0.3, 0.4) is 0 Å². The minimum atomic E-state index is -3.16. The zero-order chi connectivity index (χ0) is 22.3. The van der Waals surface area contributed by atoms with E-state index in [1.807, 2.05) is 24.3 Å². The van der Waals surface area contributed by atoms with Crippen LogP contribution >= 0.6 is 11.6 Å². The largest absolute Gasteiger partial charge is 0.376 e. The van der Waals surface area contributed by atoms with Crippen molar-refractivity contribution in [1.82, 2.24) is 4.90 Å². The number of sulfone groups is 1. The molecule has 2 saturated heterocycles. The lowest BCUT2D eigenvalue weighted by molar-refractivity contribution is -0.223. The quantitative estimate of drug-likeness (QED) is 0.582. The number of halogens is 1. The number of aryl methyl sites for hydroxylation is 1. The Morgan fingerprint density at radius 3 is 2.26 bits per heavy atom. The molecule has 2 aromatic rings. The zero-order valence-corrected chi connectivity index (χ0v) is 20.2. The van der Waals surface area contributed by atoms with Crippen LogP contribution in [0.4, 0.5) is 0 Å². The molecule has 0 N–H and O–H groups in total. The van der Waals surface area contributed by atoms with Crippen LogP contribution in [0, 0.1) is 10.8 Å². The molecule has 0 spiro atoms. The van der Waals surface area contributed by atoms with Crippen molar-refractivity contribution in [3.8, 4) is 0 Å². The summed E-state index contributed by atoms with van der Waals surface area (Å²) in [6.07, 6.45) is 4.59. The van der Waals surface area contributed by atoms with E-state index in [9.17, 15) is 8.42 Å². The van der Waals surface area contributed by atoms with Gasteiger partial charge in [-0.1, -0.05) is 49.7 Å². The molecule has 4 rings (SSSR count). The first-order valence-corrected chi connectivity index (χ1v) is 13.2. The van der Waals surface area contributed by atoms with Crippen molar-refractivity contribution in [2.75, 3.05) is 26.0 Å². The van der Waals surface area contributed by atoms with Crippen LogP contribution in [0.2, 0.25) is 5.02 Å². The van der Waals surface area contributed by atoms with Gasteiger partial charge in [0.25, 0.3) is 0 Å². The number of hydrogen-bond acceptors (Lipinski definition) is 4. The van der Waals surface area contributed by atoms with Crippen molar-refractivity contribution < 1.29 is 13.2 Å². The van der Waals surface area contributed by atoms with Crippen molar-refractivity contribution in [2.45, 2.75) is 50.7 Å². The van der Waals surface area contributed by atoms with Crippen LogP contribution in [0.1, 0.15) is 37.8 Å². The molecule has 0 bridgehead atoms. The number of ether oxygens (including phenoxy) is 1. The third kappa shape index (κ3) is 5.00. The maximum atomic E-state index is 11.7. The summed E-state index contributed by atoms with van der Waals surface area (Å²) in [5, 5.41) is 0.769. The molecule has 0 saturated carbocycles. The van der Waals surface area contributed by atoms with Crippen LogP contribution in [-0.4, -0.2) is 45.4 Å². The number of rotatable bonds is 7. The summed E-state index contributed by atoms with van der Waals surface area (Å²) in [6, 6.07) is 15.5. The van der Waals surface area contributed by atoms with Crippen molar-refractivity contribution >= 4 is 21.4 Å². The van der Waals surface area contributed by atoms with Gasteiger partial charge in [0, 0.05) is 35.2 Å². The Bertz CT molecular complexity index is 1020. The number of hydrogen-bond donors (Lipinski definition) is 0. The predicted molar refractivity (Wildman–Crippen MR) is 125 cm³/mol. The molecule has 0 aliphatic carbocycles. The molecular weight excluding hydrogens is 430 g/mol. The van der Waals surface area contributed by atoms with Gasteiger partial charge in [-0.15, -0.1) is 0 Å². The topological polar surface area (TPSA) is 46.6 Å². The van der Waals surface area contributed by atoms with E-state index < -0.39 is 9.84 Å². The molecule has 2 fully saturated rings. The number of benzene rings is 2. The molecule has 2 aromatic carbocycles. The molecule has 2 heterocycles. The first kappa shape index (κ1) is 22.8. The van der Waals surface area contributed by atoms with Gasteiger partial charge in [0.2, 0.25) is 0 Å². The highest BCUT2D eigenvalue weighted by atomic mass is 35.5. The second kappa shape index (κ2) is 8.51. The molecule has 0 amide bonds. The molecule has 0 aromatic heterocycles. The molecule has 2 atom stereocenters. The summed E-state index contributed by atoms with van der Waals surface area (Å²) in [7, 11) is -3.16. The average molecular weight is 462 g/mol. The highest BCUT2D eigenvalue weighted by molar-refractivity contribution is 7.90. The Morgan fingerprint density at radius 2 is 1.71 bits per heavy atom. The van der Waals surface area contributed by atoms with Crippen molar-refractivity contribution in [1.29, 1.82) is 0 Å². The van der Waals surface area contributed by atoms with E-state index in [2.05, 4.69) is 30.9 Å². The molecular formula is C25H32ClNO3S. The second-order valence-corrected chi connectivity index (χ2v) is 12.5. The van der Waals surface area contributed by atoms with Gasteiger partial charge in [-0.3, -0.25) is 4.90 Å². The molecule has 0 radical (unpaired) electrons. The Balaban J connectivity index is 1.48. The fraction of sp³-hybridized carbons (Fsp3) is 0.520. The third-order valence-electron chi connectivity index (χ3n) is 6.93. The minimum absolute atomic E-state index is 0.115. The Hall–Kier alpha value is -1.40. The maximum absolute atomic E-state index is 11.7. The minimum Gasteiger partial charge on any atom is -0.376 e. The number of likely N-dealkylation sites (tertiary alicyclic amines) is 1. The van der Waals surface area contributed by atoms with Crippen LogP contribution < -0.4 is 0 Å². The lowest BCUT2D eigenvalue weighted by atomic mass is 9.64. The van der Waals surface area contributed by atoms with Crippen LogP contribution in [0.15, 0.2) is 53.4 Å². The Morgan fingerprint density at radius 1 is 1.06 bits per heavy atom. The van der Waals surface area contributed by atoms with Crippen molar-refractivity contribution in [3.63, 3.8) is 0 Å². The van der Waals surface area contributed by atoms with Gasteiger partial charge in [0.05, 0.1) is 17.6 Å². The third-order valence-corrected chi connectivity index (χ3v) is 8.32. The lowest BCUT2D eigenvalue weighted by Crippen LogP contribution is -2.58. The van der Waals surface area contributed by atoms with Gasteiger partial charge in [0.1, 0.15) is 0 Å². The van der Waals surface area contributed by atoms with E-state index >= 15 is 0 Å². The van der Waals surface area contributed by atoms with E-state index in [1.165, 1.54) is 17.4 Å². The standard InChI is InChI=1S/C25H32ClNO3S/c1-24(2)18-30-23(24)25(13-12-19-6-10-22(11-7-19)31(3,28)29)14-15-27(17-25)16-20-4-8-21(26)9-5-20/h4-11,23H,12-18H2,1-3H3/t23-,25+/m0/s1. The summed E-state index contributed by atoms with van der Waals surface area (Å²) in [5.41, 5.74) is 2.77. The maximum Gasteiger partial charge on any atom is 0.175 e. The smallest absolute Gasteiger partial charge is 0.175 e. The fourth-order valence-corrected chi connectivity index (χ4v) is 6.08. The van der Waals surface area contributed by atoms with E-state index in [0.717, 1.165) is 50.5 Å². The summed E-state index contributed by atoms with van der Waals surface area (Å²) >= 11 is 6.04. The van der Waals surface area contributed by atoms with E-state index in [4.69, 9.17) is 16.3 Å². The first-order chi connectivity index (χ1) is 14.6. The molecule has 31 heavy (non-hydrogen) atoms. The van der Waals surface area contributed by atoms with Gasteiger partial charge in [-0.2, -0.15) is 0 Å². The SMILES string of the molecule is CC1(C)CO[C@@H]1[C@]1(CCc2ccc(S(C)(=O)=O)cc2)CCN(Cc2ccc(Cl)cc2)C1. The Labute approximate surface area is 191 Å². The average Bonchev–Trinajstić information content (AvgIpc) is 3.10. The van der Waals surface area contributed by atoms with Crippen LogP contribution in [-0.2, 0) is 27.5 Å². The number of nitrogens with zero attached hydrogens (tertiary/aromatic N) is 1. The fourth-order valence-electron chi connectivity index (χ4n) is 5.32. The van der Waals surface area contributed by atoms with Gasteiger partial charge < -0.3 is 4.74 Å². The molecule has 168 valence electrons. The van der Waals surface area contributed by atoms with Gasteiger partial charge >= 0.3 is 0 Å². The van der Waals surface area contributed by atoms with Gasteiger partial charge in [-0.25, -0.2) is 8.42 Å². The molecule has 2 aliphatic rings. The highest BCUT2D eigenvalue weighted by Crippen LogP contribution is 2.51. The lowest BCUT2D eigenvalue weighted by Gasteiger charge is -2.54. The normalized spacial score (nSPS) is 26.0. The van der Waals surface area contributed by atoms with E-state index in [0.29, 0.717) is 4.90 Å². The van der Waals surface area contributed by atoms with E-state index in [-0.39, 0.29) is 16.9 Å². The molecule has 0 unspecified atom stereocenters. The molecule has 4 nitrogen and oxygen atoms in total. The second-order valence-electron chi connectivity index (χ2n) is 10.0.